The maximum atomic E-state index is 12.5. The van der Waals surface area contributed by atoms with Crippen molar-refractivity contribution >= 4 is 0 Å². The van der Waals surface area contributed by atoms with Crippen molar-refractivity contribution in [2.75, 3.05) is 6.54 Å². The molecule has 1 unspecified atom stereocenters. The molecule has 1 atom stereocenters. The first kappa shape index (κ1) is 14.3. The number of para-hydroxylation sites is 1. The fourth-order valence-corrected chi connectivity index (χ4v) is 1.99. The van der Waals surface area contributed by atoms with E-state index in [9.17, 15) is 8.78 Å². The van der Waals surface area contributed by atoms with Crippen LogP contribution >= 0.6 is 0 Å². The molecule has 1 aromatic heterocycles. The summed E-state index contributed by atoms with van der Waals surface area (Å²) in [6.07, 6.45) is 4.73. The molecule has 1 aromatic carbocycles. The number of hydrogen-bond acceptors (Lipinski definition) is 4. The van der Waals surface area contributed by atoms with Gasteiger partial charge in [0.05, 0.1) is 6.04 Å². The van der Waals surface area contributed by atoms with E-state index in [-0.39, 0.29) is 11.8 Å². The van der Waals surface area contributed by atoms with Gasteiger partial charge in [-0.25, -0.2) is 9.97 Å². The van der Waals surface area contributed by atoms with Crippen LogP contribution in [-0.4, -0.2) is 23.1 Å². The largest absolute Gasteiger partial charge is 0.434 e. The Hall–Kier alpha value is -2.08. The van der Waals surface area contributed by atoms with Crippen molar-refractivity contribution in [1.82, 2.24) is 15.3 Å². The molecule has 0 aliphatic carbocycles. The van der Waals surface area contributed by atoms with E-state index in [1.165, 1.54) is 12.4 Å². The Kier molecular flexibility index (Phi) is 4.95. The molecule has 0 radical (unpaired) electrons. The molecule has 20 heavy (non-hydrogen) atoms. The lowest BCUT2D eigenvalue weighted by atomic mass is 10.00. The smallest absolute Gasteiger partial charge is 0.387 e. The third kappa shape index (κ3) is 3.48. The molecule has 4 nitrogen and oxygen atoms in total. The summed E-state index contributed by atoms with van der Waals surface area (Å²) in [5.41, 5.74) is 1.42. The number of ether oxygens (including phenoxy) is 1. The number of aromatic nitrogens is 2. The zero-order valence-electron chi connectivity index (χ0n) is 11.0. The van der Waals surface area contributed by atoms with Gasteiger partial charge in [0.15, 0.2) is 0 Å². The van der Waals surface area contributed by atoms with Gasteiger partial charge in [0.1, 0.15) is 12.1 Å². The average molecular weight is 279 g/mol. The first-order chi connectivity index (χ1) is 9.72. The highest BCUT2D eigenvalue weighted by Gasteiger charge is 2.19. The van der Waals surface area contributed by atoms with E-state index in [4.69, 9.17) is 0 Å². The lowest BCUT2D eigenvalue weighted by Crippen LogP contribution is -2.23. The van der Waals surface area contributed by atoms with Crippen molar-refractivity contribution in [3.63, 3.8) is 0 Å². The average Bonchev–Trinajstić information content (AvgIpc) is 2.46. The van der Waals surface area contributed by atoms with Gasteiger partial charge in [-0.05, 0) is 12.6 Å². The second-order valence-corrected chi connectivity index (χ2v) is 4.08. The van der Waals surface area contributed by atoms with Gasteiger partial charge in [-0.2, -0.15) is 8.78 Å². The Balaban J connectivity index is 2.39. The molecule has 0 fully saturated rings. The fraction of sp³-hybridized carbons (Fsp3) is 0.286. The highest BCUT2D eigenvalue weighted by molar-refractivity contribution is 5.40. The van der Waals surface area contributed by atoms with Gasteiger partial charge in [-0.1, -0.05) is 25.1 Å². The molecule has 1 N–H and O–H groups in total. The standard InChI is InChI=1S/C14H15F2N3O/c1-2-19-13(10-7-17-9-18-8-10)11-5-3-4-6-12(11)20-14(15)16/h3-9,13-14,19H,2H2,1H3. The van der Waals surface area contributed by atoms with E-state index in [1.54, 1.807) is 30.6 Å². The molecule has 0 aliphatic heterocycles. The molecule has 0 bridgehead atoms. The van der Waals surface area contributed by atoms with E-state index in [0.29, 0.717) is 12.1 Å². The van der Waals surface area contributed by atoms with Crippen molar-refractivity contribution in [3.8, 4) is 5.75 Å². The van der Waals surface area contributed by atoms with E-state index in [2.05, 4.69) is 20.0 Å². The lowest BCUT2D eigenvalue weighted by molar-refractivity contribution is -0.0506. The van der Waals surface area contributed by atoms with Crippen molar-refractivity contribution in [3.05, 3.63) is 54.1 Å². The molecular formula is C14H15F2N3O. The first-order valence-electron chi connectivity index (χ1n) is 6.24. The maximum absolute atomic E-state index is 12.5. The van der Waals surface area contributed by atoms with Gasteiger partial charge >= 0.3 is 6.61 Å². The number of rotatable bonds is 6. The minimum absolute atomic E-state index is 0.150. The Morgan fingerprint density at radius 1 is 1.20 bits per heavy atom. The molecular weight excluding hydrogens is 264 g/mol. The van der Waals surface area contributed by atoms with Crippen molar-refractivity contribution in [2.45, 2.75) is 19.6 Å². The minimum Gasteiger partial charge on any atom is -0.434 e. The highest BCUT2D eigenvalue weighted by atomic mass is 19.3. The van der Waals surface area contributed by atoms with Crippen LogP contribution in [0.25, 0.3) is 0 Å². The van der Waals surface area contributed by atoms with Crippen LogP contribution in [0.5, 0.6) is 5.75 Å². The van der Waals surface area contributed by atoms with Crippen LogP contribution in [0.2, 0.25) is 0 Å². The van der Waals surface area contributed by atoms with Gasteiger partial charge in [-0.15, -0.1) is 0 Å². The van der Waals surface area contributed by atoms with E-state index in [0.717, 1.165) is 5.56 Å². The quantitative estimate of drug-likeness (QED) is 0.883. The summed E-state index contributed by atoms with van der Waals surface area (Å²) < 4.78 is 29.5. The van der Waals surface area contributed by atoms with Crippen LogP contribution in [0.3, 0.4) is 0 Å². The summed E-state index contributed by atoms with van der Waals surface area (Å²) in [5.74, 6) is 0.150. The fourth-order valence-electron chi connectivity index (χ4n) is 1.99. The molecule has 0 saturated carbocycles. The minimum atomic E-state index is -2.86. The second-order valence-electron chi connectivity index (χ2n) is 4.08. The Morgan fingerprint density at radius 2 is 1.90 bits per heavy atom. The molecule has 106 valence electrons. The maximum Gasteiger partial charge on any atom is 0.387 e. The zero-order valence-corrected chi connectivity index (χ0v) is 11.0. The van der Waals surface area contributed by atoms with Gasteiger partial charge in [0, 0.05) is 23.5 Å². The van der Waals surface area contributed by atoms with Crippen LogP contribution < -0.4 is 10.1 Å². The Morgan fingerprint density at radius 3 is 2.55 bits per heavy atom. The Bertz CT molecular complexity index is 537. The van der Waals surface area contributed by atoms with Gasteiger partial charge in [0.25, 0.3) is 0 Å². The second kappa shape index (κ2) is 6.91. The normalized spacial score (nSPS) is 12.4. The first-order valence-corrected chi connectivity index (χ1v) is 6.24. The van der Waals surface area contributed by atoms with Crippen molar-refractivity contribution < 1.29 is 13.5 Å². The summed E-state index contributed by atoms with van der Waals surface area (Å²) >= 11 is 0. The summed E-state index contributed by atoms with van der Waals surface area (Å²) in [5, 5.41) is 3.22. The highest BCUT2D eigenvalue weighted by Crippen LogP contribution is 2.30. The number of halogens is 2. The van der Waals surface area contributed by atoms with E-state index < -0.39 is 6.61 Å². The van der Waals surface area contributed by atoms with Gasteiger partial charge < -0.3 is 10.1 Å². The number of nitrogens with one attached hydrogen (secondary N) is 1. The van der Waals surface area contributed by atoms with Crippen LogP contribution in [0, 0.1) is 0 Å². The van der Waals surface area contributed by atoms with Crippen LogP contribution in [-0.2, 0) is 0 Å². The molecule has 2 rings (SSSR count). The number of hydrogen-bond donors (Lipinski definition) is 1. The molecule has 6 heteroatoms. The number of nitrogens with zero attached hydrogens (tertiary/aromatic N) is 2. The third-order valence-electron chi connectivity index (χ3n) is 2.77. The van der Waals surface area contributed by atoms with Crippen molar-refractivity contribution in [1.29, 1.82) is 0 Å². The third-order valence-corrected chi connectivity index (χ3v) is 2.77. The number of benzene rings is 1. The topological polar surface area (TPSA) is 47.0 Å². The van der Waals surface area contributed by atoms with Crippen molar-refractivity contribution in [2.24, 2.45) is 0 Å². The summed E-state index contributed by atoms with van der Waals surface area (Å²) in [4.78, 5) is 7.93. The monoisotopic (exact) mass is 279 g/mol. The van der Waals surface area contributed by atoms with E-state index >= 15 is 0 Å². The van der Waals surface area contributed by atoms with Crippen LogP contribution in [0.4, 0.5) is 8.78 Å². The SMILES string of the molecule is CCNC(c1cncnc1)c1ccccc1OC(F)F. The number of alkyl halides is 2. The van der Waals surface area contributed by atoms with Crippen LogP contribution in [0.15, 0.2) is 43.0 Å². The Labute approximate surface area is 115 Å². The summed E-state index contributed by atoms with van der Waals surface area (Å²) in [6.45, 7) is -0.249. The molecule has 0 saturated heterocycles. The van der Waals surface area contributed by atoms with Gasteiger partial charge in [-0.3, -0.25) is 0 Å². The van der Waals surface area contributed by atoms with E-state index in [1.807, 2.05) is 6.92 Å². The summed E-state index contributed by atoms with van der Waals surface area (Å²) in [7, 11) is 0. The predicted molar refractivity (Wildman–Crippen MR) is 70.6 cm³/mol. The molecule has 2 aromatic rings. The lowest BCUT2D eigenvalue weighted by Gasteiger charge is -2.21. The zero-order chi connectivity index (χ0) is 14.4. The van der Waals surface area contributed by atoms with Crippen LogP contribution in [0.1, 0.15) is 24.1 Å². The van der Waals surface area contributed by atoms with Gasteiger partial charge in [0.2, 0.25) is 0 Å². The molecule has 0 amide bonds. The molecule has 0 spiro atoms. The molecule has 0 aliphatic rings. The summed E-state index contributed by atoms with van der Waals surface area (Å²) in [6, 6.07) is 6.41. The molecule has 1 heterocycles. The predicted octanol–water partition coefficient (Wildman–Crippen LogP) is 2.78.